The Morgan fingerprint density at radius 2 is 1.35 bits per heavy atom. The van der Waals surface area contributed by atoms with Crippen LogP contribution in [0.4, 0.5) is 0 Å². The van der Waals surface area contributed by atoms with Gasteiger partial charge in [0.15, 0.2) is 0 Å². The average Bonchev–Trinajstić information content (AvgIpc) is 3.14. The number of carbonyl (C=O) groups is 1. The van der Waals surface area contributed by atoms with E-state index >= 15 is 0 Å². The number of hydrogen-bond donors (Lipinski definition) is 1. The molecule has 0 atom stereocenters. The monoisotopic (exact) mass is 357 g/mol. The lowest BCUT2D eigenvalue weighted by Gasteiger charge is -2.06. The van der Waals surface area contributed by atoms with Crippen molar-refractivity contribution in [1.29, 1.82) is 0 Å². The van der Waals surface area contributed by atoms with Gasteiger partial charge in [-0.3, -0.25) is 4.79 Å². The summed E-state index contributed by atoms with van der Waals surface area (Å²) in [6, 6.07) is 28.8. The lowest BCUT2D eigenvalue weighted by atomic mass is 10.00. The Bertz CT molecular complexity index is 1050. The van der Waals surface area contributed by atoms with Gasteiger partial charge in [0.05, 0.1) is 5.69 Å². The van der Waals surface area contributed by atoms with Gasteiger partial charge >= 0.3 is 0 Å². The van der Waals surface area contributed by atoms with E-state index < -0.39 is 0 Å². The van der Waals surface area contributed by atoms with Gasteiger partial charge in [-0.15, -0.1) is 0 Å². The van der Waals surface area contributed by atoms with E-state index in [2.05, 4.69) is 4.98 Å². The van der Waals surface area contributed by atoms with Gasteiger partial charge in [-0.05, 0) is 17.7 Å². The fourth-order valence-corrected chi connectivity index (χ4v) is 3.27. The molecule has 4 rings (SSSR count). The van der Waals surface area contributed by atoms with E-state index in [0.717, 1.165) is 22.4 Å². The number of carbonyl (C=O) groups excluding carboxylic acids is 1. The largest absolute Gasteiger partial charge is 0.351 e. The van der Waals surface area contributed by atoms with Crippen LogP contribution in [-0.4, -0.2) is 10.8 Å². The second-order valence-electron chi connectivity index (χ2n) is 6.01. The van der Waals surface area contributed by atoms with E-state index in [1.54, 1.807) is 0 Å². The van der Waals surface area contributed by atoms with Crippen molar-refractivity contribution in [2.75, 3.05) is 0 Å². The highest BCUT2D eigenvalue weighted by Crippen LogP contribution is 2.35. The minimum Gasteiger partial charge on any atom is -0.351 e. The summed E-state index contributed by atoms with van der Waals surface area (Å²) in [4.78, 5) is 16.4. The number of nitrogens with one attached hydrogen (secondary N) is 1. The van der Waals surface area contributed by atoms with E-state index in [-0.39, 0.29) is 5.78 Å². The first kappa shape index (κ1) is 16.4. The fourth-order valence-electron chi connectivity index (χ4n) is 3.03. The molecule has 0 fully saturated rings. The molecular weight excluding hydrogens is 342 g/mol. The van der Waals surface area contributed by atoms with Crippen molar-refractivity contribution in [2.45, 2.75) is 0 Å². The Morgan fingerprint density at radius 1 is 0.731 bits per heavy atom. The summed E-state index contributed by atoms with van der Waals surface area (Å²) in [5.41, 5.74) is 4.74. The Hall–Kier alpha value is -3.10. The van der Waals surface area contributed by atoms with Gasteiger partial charge in [-0.25, -0.2) is 0 Å². The zero-order valence-electron chi connectivity index (χ0n) is 13.9. The molecule has 3 heteroatoms. The van der Waals surface area contributed by atoms with Gasteiger partial charge in [0, 0.05) is 27.4 Å². The van der Waals surface area contributed by atoms with Crippen LogP contribution in [0, 0.1) is 0 Å². The van der Waals surface area contributed by atoms with Crippen LogP contribution < -0.4 is 0 Å². The number of hydrogen-bond acceptors (Lipinski definition) is 1. The molecule has 1 heterocycles. The van der Waals surface area contributed by atoms with Gasteiger partial charge in [-0.1, -0.05) is 90.5 Å². The lowest BCUT2D eigenvalue weighted by molar-refractivity contribution is 0.103. The lowest BCUT2D eigenvalue weighted by Crippen LogP contribution is -2.03. The van der Waals surface area contributed by atoms with Crippen LogP contribution in [0.25, 0.3) is 22.4 Å². The van der Waals surface area contributed by atoms with Gasteiger partial charge in [0.1, 0.15) is 0 Å². The van der Waals surface area contributed by atoms with Crippen LogP contribution in [0.3, 0.4) is 0 Å². The number of ketones is 1. The molecule has 126 valence electrons. The van der Waals surface area contributed by atoms with E-state index in [1.165, 1.54) is 0 Å². The SMILES string of the molecule is O=C(c1ccccc1)c1[nH]c(-c2ccccc2)cc1-c1ccccc1Cl. The van der Waals surface area contributed by atoms with E-state index in [4.69, 9.17) is 11.6 Å². The topological polar surface area (TPSA) is 32.9 Å². The minimum atomic E-state index is -0.0531. The zero-order valence-corrected chi connectivity index (χ0v) is 14.7. The normalized spacial score (nSPS) is 10.7. The third kappa shape index (κ3) is 3.07. The summed E-state index contributed by atoms with van der Waals surface area (Å²) in [6.07, 6.45) is 0. The molecule has 0 bridgehead atoms. The third-order valence-electron chi connectivity index (χ3n) is 4.33. The quantitative estimate of drug-likeness (QED) is 0.431. The zero-order chi connectivity index (χ0) is 17.9. The molecule has 0 aliphatic carbocycles. The molecule has 3 aromatic carbocycles. The third-order valence-corrected chi connectivity index (χ3v) is 4.66. The molecule has 0 spiro atoms. The standard InChI is InChI=1S/C23H16ClNO/c24-20-14-8-7-13-18(20)19-15-21(16-9-3-1-4-10-16)25-22(19)23(26)17-11-5-2-6-12-17/h1-15,25H. The highest BCUT2D eigenvalue weighted by molar-refractivity contribution is 6.33. The van der Waals surface area contributed by atoms with Crippen molar-refractivity contribution in [1.82, 2.24) is 4.98 Å². The number of halogens is 1. The van der Waals surface area contributed by atoms with Crippen LogP contribution in [0.2, 0.25) is 5.02 Å². The first-order chi connectivity index (χ1) is 12.7. The van der Waals surface area contributed by atoms with Gasteiger partial charge in [0.25, 0.3) is 0 Å². The Morgan fingerprint density at radius 3 is 2.04 bits per heavy atom. The summed E-state index contributed by atoms with van der Waals surface area (Å²) in [5, 5.41) is 0.619. The van der Waals surface area contributed by atoms with Gasteiger partial charge in [0.2, 0.25) is 5.78 Å². The molecule has 26 heavy (non-hydrogen) atoms. The molecule has 4 aromatic rings. The smallest absolute Gasteiger partial charge is 0.209 e. The Labute approximate surface area is 157 Å². The summed E-state index contributed by atoms with van der Waals surface area (Å²) < 4.78 is 0. The average molecular weight is 358 g/mol. The molecule has 0 saturated carbocycles. The molecule has 1 N–H and O–H groups in total. The van der Waals surface area contributed by atoms with Crippen LogP contribution in [-0.2, 0) is 0 Å². The van der Waals surface area contributed by atoms with E-state index in [1.807, 2.05) is 91.0 Å². The molecule has 0 aliphatic heterocycles. The van der Waals surface area contributed by atoms with Crippen LogP contribution in [0.15, 0.2) is 91.0 Å². The van der Waals surface area contributed by atoms with Crippen LogP contribution in [0.1, 0.15) is 16.1 Å². The van der Waals surface area contributed by atoms with Crippen molar-refractivity contribution in [2.24, 2.45) is 0 Å². The van der Waals surface area contributed by atoms with Gasteiger partial charge < -0.3 is 4.98 Å². The van der Waals surface area contributed by atoms with Crippen molar-refractivity contribution in [3.05, 3.63) is 107 Å². The molecule has 0 radical (unpaired) electrons. The molecule has 0 unspecified atom stereocenters. The van der Waals surface area contributed by atoms with Gasteiger partial charge in [-0.2, -0.15) is 0 Å². The maximum Gasteiger partial charge on any atom is 0.209 e. The van der Waals surface area contributed by atoms with Crippen molar-refractivity contribution >= 4 is 17.4 Å². The maximum absolute atomic E-state index is 13.1. The van der Waals surface area contributed by atoms with E-state index in [9.17, 15) is 4.79 Å². The van der Waals surface area contributed by atoms with Crippen molar-refractivity contribution in [3.8, 4) is 22.4 Å². The van der Waals surface area contributed by atoms with Crippen molar-refractivity contribution < 1.29 is 4.79 Å². The van der Waals surface area contributed by atoms with Crippen LogP contribution in [0.5, 0.6) is 0 Å². The minimum absolute atomic E-state index is 0.0531. The second-order valence-corrected chi connectivity index (χ2v) is 6.42. The highest BCUT2D eigenvalue weighted by Gasteiger charge is 2.20. The summed E-state index contributed by atoms with van der Waals surface area (Å²) in [5.74, 6) is -0.0531. The molecule has 2 nitrogen and oxygen atoms in total. The number of rotatable bonds is 4. The molecule has 0 aliphatic rings. The maximum atomic E-state index is 13.1. The molecule has 0 saturated heterocycles. The molecule has 1 aromatic heterocycles. The number of aromatic nitrogens is 1. The number of aromatic amines is 1. The first-order valence-electron chi connectivity index (χ1n) is 8.37. The second kappa shape index (κ2) is 7.03. The summed E-state index contributed by atoms with van der Waals surface area (Å²) >= 11 is 6.41. The highest BCUT2D eigenvalue weighted by atomic mass is 35.5. The fraction of sp³-hybridized carbons (Fsp3) is 0. The van der Waals surface area contributed by atoms with Crippen molar-refractivity contribution in [3.63, 3.8) is 0 Å². The first-order valence-corrected chi connectivity index (χ1v) is 8.75. The summed E-state index contributed by atoms with van der Waals surface area (Å²) in [7, 11) is 0. The predicted octanol–water partition coefficient (Wildman–Crippen LogP) is 6.23. The Kier molecular flexibility index (Phi) is 4.42. The number of H-pyrrole nitrogens is 1. The molecule has 0 amide bonds. The summed E-state index contributed by atoms with van der Waals surface area (Å²) in [6.45, 7) is 0. The van der Waals surface area contributed by atoms with E-state index in [0.29, 0.717) is 16.3 Å². The number of benzene rings is 3. The molecular formula is C23H16ClNO. The Balaban J connectivity index is 1.90. The van der Waals surface area contributed by atoms with Crippen LogP contribution >= 0.6 is 11.6 Å². The predicted molar refractivity (Wildman–Crippen MR) is 107 cm³/mol.